The number of rotatable bonds is 4. The Morgan fingerprint density at radius 1 is 0.348 bits per heavy atom. The molecule has 0 unspecified atom stereocenters. The number of nitrogens with zero attached hydrogens (tertiary/aromatic N) is 2. The standard InChI is InChI=1S/C44H28N2/c1-3-11-29(12-4-1)39-27-25-33-23-24-34-26-28-40(46-44(34)43(33)45-39)30-19-21-32(22-20-30)42-37-17-9-7-15-35(37)41(31-13-5-2-6-14-31)36-16-8-10-18-38(36)42/h1-28H/i1D,3D,4D,11D,12D. The largest absolute Gasteiger partial charge is 0.245 e. The maximum Gasteiger partial charge on any atom is 0.0972 e. The van der Waals surface area contributed by atoms with Crippen molar-refractivity contribution in [2.24, 2.45) is 0 Å². The van der Waals surface area contributed by atoms with Gasteiger partial charge in [0.15, 0.2) is 0 Å². The predicted molar refractivity (Wildman–Crippen MR) is 194 cm³/mol. The van der Waals surface area contributed by atoms with Crippen LogP contribution in [0.5, 0.6) is 0 Å². The van der Waals surface area contributed by atoms with E-state index in [1.165, 1.54) is 38.2 Å². The van der Waals surface area contributed by atoms with Crippen molar-refractivity contribution in [2.75, 3.05) is 0 Å². The maximum absolute atomic E-state index is 8.48. The molecule has 0 fully saturated rings. The quantitative estimate of drug-likeness (QED) is 0.151. The summed E-state index contributed by atoms with van der Waals surface area (Å²) in [5, 5.41) is 6.54. The molecule has 2 aromatic heterocycles. The number of fused-ring (bicyclic) bond motifs is 5. The Morgan fingerprint density at radius 2 is 0.761 bits per heavy atom. The van der Waals surface area contributed by atoms with E-state index in [0.29, 0.717) is 16.7 Å². The molecule has 0 saturated heterocycles. The van der Waals surface area contributed by atoms with Gasteiger partial charge in [-0.2, -0.15) is 0 Å². The van der Waals surface area contributed by atoms with Crippen molar-refractivity contribution >= 4 is 43.4 Å². The highest BCUT2D eigenvalue weighted by Crippen LogP contribution is 2.43. The zero-order valence-electron chi connectivity index (χ0n) is 29.7. The first-order valence-corrected chi connectivity index (χ1v) is 15.3. The van der Waals surface area contributed by atoms with Gasteiger partial charge in [-0.15, -0.1) is 0 Å². The Kier molecular flexibility index (Phi) is 5.06. The van der Waals surface area contributed by atoms with E-state index >= 15 is 0 Å². The third-order valence-corrected chi connectivity index (χ3v) is 8.74. The zero-order valence-corrected chi connectivity index (χ0v) is 24.7. The second kappa shape index (κ2) is 10.8. The molecule has 0 aliphatic carbocycles. The molecule has 0 radical (unpaired) electrons. The van der Waals surface area contributed by atoms with Gasteiger partial charge >= 0.3 is 0 Å². The molecule has 2 nitrogen and oxygen atoms in total. The molecular weight excluding hydrogens is 556 g/mol. The molecule has 2 heteroatoms. The summed E-state index contributed by atoms with van der Waals surface area (Å²) in [6, 6.07) is 46.1. The van der Waals surface area contributed by atoms with Crippen molar-refractivity contribution in [1.82, 2.24) is 9.97 Å². The summed E-state index contributed by atoms with van der Waals surface area (Å²) in [6.07, 6.45) is 0. The maximum atomic E-state index is 8.48. The van der Waals surface area contributed by atoms with E-state index in [1.54, 1.807) is 6.07 Å². The summed E-state index contributed by atoms with van der Waals surface area (Å²) >= 11 is 0. The van der Waals surface area contributed by atoms with Gasteiger partial charge in [0.25, 0.3) is 0 Å². The lowest BCUT2D eigenvalue weighted by Crippen LogP contribution is -1.92. The molecule has 7 aromatic carbocycles. The van der Waals surface area contributed by atoms with E-state index in [-0.39, 0.29) is 29.7 Å². The number of pyridine rings is 2. The van der Waals surface area contributed by atoms with Crippen LogP contribution >= 0.6 is 0 Å². The van der Waals surface area contributed by atoms with Crippen LogP contribution < -0.4 is 0 Å². The van der Waals surface area contributed by atoms with E-state index in [1.807, 2.05) is 30.3 Å². The topological polar surface area (TPSA) is 25.8 Å². The molecule has 0 aliphatic heterocycles. The minimum Gasteiger partial charge on any atom is -0.245 e. The molecule has 9 aromatic rings. The van der Waals surface area contributed by atoms with Crippen molar-refractivity contribution in [3.8, 4) is 44.8 Å². The summed E-state index contributed by atoms with van der Waals surface area (Å²) in [6.45, 7) is 0. The van der Waals surface area contributed by atoms with Crippen LogP contribution in [0, 0.1) is 0 Å². The zero-order chi connectivity index (χ0) is 34.8. The Labute approximate surface area is 274 Å². The SMILES string of the molecule is [2H]c1c([2H])c([2H])c(-c2ccc3ccc4ccc(-c5ccc(-c6c7ccccc7c(-c7ccccc7)c7ccccc67)cc5)nc4c3n2)c([2H])c1[2H]. The molecule has 2 heterocycles. The second-order valence-corrected chi connectivity index (χ2v) is 11.4. The fourth-order valence-electron chi connectivity index (χ4n) is 6.61. The van der Waals surface area contributed by atoms with Gasteiger partial charge in [0.1, 0.15) is 0 Å². The van der Waals surface area contributed by atoms with Gasteiger partial charge in [-0.25, -0.2) is 9.97 Å². The molecule has 0 bridgehead atoms. The van der Waals surface area contributed by atoms with Crippen LogP contribution in [0.15, 0.2) is 170 Å². The van der Waals surface area contributed by atoms with Crippen molar-refractivity contribution in [3.05, 3.63) is 170 Å². The monoisotopic (exact) mass is 589 g/mol. The lowest BCUT2D eigenvalue weighted by molar-refractivity contribution is 1.36. The minimum absolute atomic E-state index is 0.0727. The summed E-state index contributed by atoms with van der Waals surface area (Å²) in [5.74, 6) is 0. The lowest BCUT2D eigenvalue weighted by atomic mass is 9.86. The van der Waals surface area contributed by atoms with Crippen molar-refractivity contribution < 1.29 is 6.85 Å². The number of benzene rings is 7. The highest BCUT2D eigenvalue weighted by atomic mass is 14.8. The smallest absolute Gasteiger partial charge is 0.0972 e. The molecule has 0 saturated carbocycles. The van der Waals surface area contributed by atoms with E-state index in [0.717, 1.165) is 27.6 Å². The predicted octanol–water partition coefficient (Wildman–Crippen LogP) is 11.8. The Bertz CT molecular complexity index is 2770. The average molecular weight is 590 g/mol. The average Bonchev–Trinajstić information content (AvgIpc) is 3.18. The summed E-state index contributed by atoms with van der Waals surface area (Å²) < 4.78 is 41.2. The van der Waals surface area contributed by atoms with Gasteiger partial charge in [-0.1, -0.05) is 158 Å². The normalized spacial score (nSPS) is 13.0. The molecule has 0 aliphatic rings. The Balaban J connectivity index is 1.18. The fourth-order valence-corrected chi connectivity index (χ4v) is 6.61. The molecule has 0 N–H and O–H groups in total. The van der Waals surface area contributed by atoms with Crippen LogP contribution in [-0.4, -0.2) is 9.97 Å². The van der Waals surface area contributed by atoms with Crippen molar-refractivity contribution in [3.63, 3.8) is 0 Å². The van der Waals surface area contributed by atoms with E-state index in [2.05, 4.69) is 103 Å². The third-order valence-electron chi connectivity index (χ3n) is 8.74. The van der Waals surface area contributed by atoms with Crippen molar-refractivity contribution in [1.29, 1.82) is 0 Å². The van der Waals surface area contributed by atoms with Crippen molar-refractivity contribution in [2.45, 2.75) is 0 Å². The van der Waals surface area contributed by atoms with Gasteiger partial charge in [-0.3, -0.25) is 0 Å². The van der Waals surface area contributed by atoms with Gasteiger partial charge in [0.2, 0.25) is 0 Å². The van der Waals surface area contributed by atoms with E-state index < -0.39 is 6.04 Å². The summed E-state index contributed by atoms with van der Waals surface area (Å²) in [4.78, 5) is 9.94. The molecule has 9 rings (SSSR count). The highest BCUT2D eigenvalue weighted by molar-refractivity contribution is 6.21. The molecule has 214 valence electrons. The second-order valence-electron chi connectivity index (χ2n) is 11.4. The molecule has 0 atom stereocenters. The first-order chi connectivity index (χ1) is 24.9. The minimum atomic E-state index is -0.428. The van der Waals surface area contributed by atoms with Gasteiger partial charge in [0, 0.05) is 21.9 Å². The lowest BCUT2D eigenvalue weighted by Gasteiger charge is -2.18. The molecular formula is C44H28N2. The summed E-state index contributed by atoms with van der Waals surface area (Å²) in [5.41, 5.74) is 8.12. The Hall–Kier alpha value is -6.12. The van der Waals surface area contributed by atoms with Gasteiger partial charge in [-0.05, 0) is 55.9 Å². The number of hydrogen-bond donors (Lipinski definition) is 0. The number of hydrogen-bond acceptors (Lipinski definition) is 2. The molecule has 0 amide bonds. The van der Waals surface area contributed by atoms with E-state index in [4.69, 9.17) is 16.8 Å². The van der Waals surface area contributed by atoms with Gasteiger partial charge < -0.3 is 0 Å². The molecule has 46 heavy (non-hydrogen) atoms. The first-order valence-electron chi connectivity index (χ1n) is 17.8. The van der Waals surface area contributed by atoms with Crippen LogP contribution in [0.25, 0.3) is 88.1 Å². The van der Waals surface area contributed by atoms with Crippen LogP contribution in [0.4, 0.5) is 0 Å². The van der Waals surface area contributed by atoms with Crippen LogP contribution in [0.1, 0.15) is 6.85 Å². The van der Waals surface area contributed by atoms with Crippen LogP contribution in [-0.2, 0) is 0 Å². The van der Waals surface area contributed by atoms with Crippen LogP contribution in [0.3, 0.4) is 0 Å². The molecule has 0 spiro atoms. The third kappa shape index (κ3) is 4.35. The van der Waals surface area contributed by atoms with E-state index in [9.17, 15) is 0 Å². The fraction of sp³-hybridized carbons (Fsp3) is 0. The Morgan fingerprint density at radius 3 is 1.28 bits per heavy atom. The highest BCUT2D eigenvalue weighted by Gasteiger charge is 2.16. The number of aromatic nitrogens is 2. The van der Waals surface area contributed by atoms with Crippen LogP contribution in [0.2, 0.25) is 0 Å². The van der Waals surface area contributed by atoms with Gasteiger partial charge in [0.05, 0.1) is 29.3 Å². The summed E-state index contributed by atoms with van der Waals surface area (Å²) in [7, 11) is 0. The first kappa shape index (κ1) is 21.6.